The molecule has 0 spiro atoms. The lowest BCUT2D eigenvalue weighted by Gasteiger charge is -2.23. The molecule has 0 amide bonds. The van der Waals surface area contributed by atoms with Gasteiger partial charge in [-0.05, 0) is 49.7 Å². The summed E-state index contributed by atoms with van der Waals surface area (Å²) in [5, 5.41) is 3.20. The SMILES string of the molecule is CC(Oc1ncc(Br)cc1CNC(C)(C)C)C(F)(F)F. The van der Waals surface area contributed by atoms with Crippen molar-refractivity contribution in [1.29, 1.82) is 0 Å². The van der Waals surface area contributed by atoms with Gasteiger partial charge < -0.3 is 10.1 Å². The number of hydrogen-bond acceptors (Lipinski definition) is 3. The summed E-state index contributed by atoms with van der Waals surface area (Å²) in [5.41, 5.74) is 0.417. The van der Waals surface area contributed by atoms with Crippen LogP contribution in [0.25, 0.3) is 0 Å². The van der Waals surface area contributed by atoms with Crippen LogP contribution in [0.2, 0.25) is 0 Å². The highest BCUT2D eigenvalue weighted by Crippen LogP contribution is 2.27. The second-order valence-corrected chi connectivity index (χ2v) is 6.44. The van der Waals surface area contributed by atoms with Crippen molar-refractivity contribution in [2.45, 2.75) is 52.1 Å². The number of hydrogen-bond donors (Lipinski definition) is 1. The summed E-state index contributed by atoms with van der Waals surface area (Å²) in [7, 11) is 0. The molecule has 0 radical (unpaired) electrons. The molecule has 0 saturated heterocycles. The Kier molecular flexibility index (Phi) is 5.43. The molecule has 114 valence electrons. The van der Waals surface area contributed by atoms with Crippen molar-refractivity contribution in [2.24, 2.45) is 0 Å². The number of nitrogens with zero attached hydrogens (tertiary/aromatic N) is 1. The fourth-order valence-electron chi connectivity index (χ4n) is 1.30. The van der Waals surface area contributed by atoms with Crippen molar-refractivity contribution >= 4 is 15.9 Å². The van der Waals surface area contributed by atoms with Crippen LogP contribution in [-0.2, 0) is 6.54 Å². The highest BCUT2D eigenvalue weighted by molar-refractivity contribution is 9.10. The molecule has 1 atom stereocenters. The third kappa shape index (κ3) is 5.66. The van der Waals surface area contributed by atoms with Gasteiger partial charge in [0.25, 0.3) is 0 Å². The zero-order chi connectivity index (χ0) is 15.6. The highest BCUT2D eigenvalue weighted by atomic mass is 79.9. The second kappa shape index (κ2) is 6.30. The van der Waals surface area contributed by atoms with Crippen molar-refractivity contribution in [2.75, 3.05) is 0 Å². The van der Waals surface area contributed by atoms with E-state index in [9.17, 15) is 13.2 Å². The molecule has 3 nitrogen and oxygen atoms in total. The Morgan fingerprint density at radius 2 is 1.95 bits per heavy atom. The maximum absolute atomic E-state index is 12.5. The van der Waals surface area contributed by atoms with E-state index in [0.717, 1.165) is 6.92 Å². The number of pyridine rings is 1. The zero-order valence-corrected chi connectivity index (χ0v) is 13.4. The van der Waals surface area contributed by atoms with E-state index < -0.39 is 12.3 Å². The molecule has 0 aromatic carbocycles. The second-order valence-electron chi connectivity index (χ2n) is 5.52. The number of halogens is 4. The predicted octanol–water partition coefficient (Wildman–Crippen LogP) is 4.06. The van der Waals surface area contributed by atoms with E-state index in [-0.39, 0.29) is 11.4 Å². The molecule has 1 N–H and O–H groups in total. The van der Waals surface area contributed by atoms with Gasteiger partial charge in [-0.1, -0.05) is 0 Å². The molecule has 0 aliphatic rings. The van der Waals surface area contributed by atoms with Crippen LogP contribution in [0.15, 0.2) is 16.7 Å². The first-order valence-corrected chi connectivity index (χ1v) is 6.91. The van der Waals surface area contributed by atoms with Crippen molar-refractivity contribution in [1.82, 2.24) is 10.3 Å². The molecule has 0 aliphatic carbocycles. The highest BCUT2D eigenvalue weighted by Gasteiger charge is 2.38. The van der Waals surface area contributed by atoms with Gasteiger partial charge in [0.1, 0.15) is 0 Å². The molecule has 1 unspecified atom stereocenters. The van der Waals surface area contributed by atoms with E-state index >= 15 is 0 Å². The number of rotatable bonds is 4. The Morgan fingerprint density at radius 3 is 2.45 bits per heavy atom. The van der Waals surface area contributed by atoms with Crippen molar-refractivity contribution in [3.05, 3.63) is 22.3 Å². The smallest absolute Gasteiger partial charge is 0.425 e. The van der Waals surface area contributed by atoms with Crippen LogP contribution < -0.4 is 10.1 Å². The lowest BCUT2D eigenvalue weighted by molar-refractivity contribution is -0.190. The Balaban J connectivity index is 2.90. The number of ether oxygens (including phenoxy) is 1. The average Bonchev–Trinajstić information content (AvgIpc) is 2.27. The van der Waals surface area contributed by atoms with Gasteiger partial charge in [-0.15, -0.1) is 0 Å². The van der Waals surface area contributed by atoms with Gasteiger partial charge in [-0.2, -0.15) is 13.2 Å². The molecular formula is C13H18BrF3N2O. The first-order valence-electron chi connectivity index (χ1n) is 6.12. The molecule has 7 heteroatoms. The topological polar surface area (TPSA) is 34.1 Å². The van der Waals surface area contributed by atoms with Crippen LogP contribution in [0.5, 0.6) is 5.88 Å². The minimum Gasteiger partial charge on any atom is -0.465 e. The van der Waals surface area contributed by atoms with E-state index in [1.807, 2.05) is 20.8 Å². The van der Waals surface area contributed by atoms with Gasteiger partial charge in [-0.3, -0.25) is 0 Å². The first-order chi connectivity index (χ1) is 8.99. The number of nitrogens with one attached hydrogen (secondary N) is 1. The van der Waals surface area contributed by atoms with Gasteiger partial charge >= 0.3 is 6.18 Å². The van der Waals surface area contributed by atoms with Gasteiger partial charge in [-0.25, -0.2) is 4.98 Å². The van der Waals surface area contributed by atoms with Crippen molar-refractivity contribution in [3.63, 3.8) is 0 Å². The maximum atomic E-state index is 12.5. The largest absolute Gasteiger partial charge is 0.465 e. The Bertz CT molecular complexity index is 458. The summed E-state index contributed by atoms with van der Waals surface area (Å²) in [4.78, 5) is 3.92. The van der Waals surface area contributed by atoms with Crippen molar-refractivity contribution < 1.29 is 17.9 Å². The van der Waals surface area contributed by atoms with Crippen LogP contribution in [0.1, 0.15) is 33.3 Å². The molecule has 0 fully saturated rings. The summed E-state index contributed by atoms with van der Waals surface area (Å²) in [6.07, 6.45) is -4.90. The van der Waals surface area contributed by atoms with E-state index in [1.54, 1.807) is 6.07 Å². The molecular weight excluding hydrogens is 337 g/mol. The van der Waals surface area contributed by atoms with Crippen molar-refractivity contribution in [3.8, 4) is 5.88 Å². The van der Waals surface area contributed by atoms with E-state index in [2.05, 4.69) is 26.2 Å². The summed E-state index contributed by atoms with van der Waals surface area (Å²) in [5.74, 6) is -0.00484. The van der Waals surface area contributed by atoms with Crippen LogP contribution >= 0.6 is 15.9 Å². The van der Waals surface area contributed by atoms with Crippen LogP contribution in [0.4, 0.5) is 13.2 Å². The molecule has 1 heterocycles. The molecule has 1 aromatic rings. The molecule has 1 aromatic heterocycles. The fourth-order valence-corrected chi connectivity index (χ4v) is 1.67. The Hall–Kier alpha value is -0.820. The standard InChI is InChI=1S/C13H18BrF3N2O/c1-8(13(15,16)17)20-11-9(5-10(14)7-18-11)6-19-12(2,3)4/h5,7-8,19H,6H2,1-4H3. The third-order valence-electron chi connectivity index (χ3n) is 2.45. The minimum atomic E-state index is -4.41. The Labute approximate surface area is 125 Å². The molecule has 20 heavy (non-hydrogen) atoms. The molecule has 1 rings (SSSR count). The molecule has 0 aliphatic heterocycles. The summed E-state index contributed by atoms with van der Waals surface area (Å²) in [6, 6.07) is 1.70. The van der Waals surface area contributed by atoms with Gasteiger partial charge in [0.2, 0.25) is 5.88 Å². The quantitative estimate of drug-likeness (QED) is 0.885. The number of alkyl halides is 3. The first kappa shape index (κ1) is 17.2. The summed E-state index contributed by atoms with van der Waals surface area (Å²) < 4.78 is 43.3. The van der Waals surface area contributed by atoms with Crippen LogP contribution in [-0.4, -0.2) is 22.8 Å². The zero-order valence-electron chi connectivity index (χ0n) is 11.8. The summed E-state index contributed by atoms with van der Waals surface area (Å²) >= 11 is 3.25. The van der Waals surface area contributed by atoms with Gasteiger partial charge in [0.15, 0.2) is 6.10 Å². The lowest BCUT2D eigenvalue weighted by Crippen LogP contribution is -2.36. The van der Waals surface area contributed by atoms with E-state index in [0.29, 0.717) is 16.6 Å². The summed E-state index contributed by atoms with van der Waals surface area (Å²) in [6.45, 7) is 7.24. The Morgan fingerprint density at radius 1 is 1.35 bits per heavy atom. The predicted molar refractivity (Wildman–Crippen MR) is 74.7 cm³/mol. The maximum Gasteiger partial charge on any atom is 0.425 e. The van der Waals surface area contributed by atoms with E-state index in [1.165, 1.54) is 6.20 Å². The van der Waals surface area contributed by atoms with Crippen LogP contribution in [0.3, 0.4) is 0 Å². The normalized spacial score (nSPS) is 14.2. The third-order valence-corrected chi connectivity index (χ3v) is 2.88. The number of aromatic nitrogens is 1. The van der Waals surface area contributed by atoms with Gasteiger partial charge in [0.05, 0.1) is 0 Å². The lowest BCUT2D eigenvalue weighted by atomic mass is 10.1. The van der Waals surface area contributed by atoms with E-state index in [4.69, 9.17) is 4.74 Å². The minimum absolute atomic E-state index is 0.00484. The average molecular weight is 355 g/mol. The van der Waals surface area contributed by atoms with Crippen LogP contribution in [0, 0.1) is 0 Å². The monoisotopic (exact) mass is 354 g/mol. The molecule has 0 saturated carbocycles. The fraction of sp³-hybridized carbons (Fsp3) is 0.615. The molecule has 0 bridgehead atoms. The van der Waals surface area contributed by atoms with Gasteiger partial charge in [0, 0.05) is 28.3 Å².